The number of aromatic nitrogens is 4. The third-order valence-electron chi connectivity index (χ3n) is 15.1. The molecule has 4 fully saturated rings. The topological polar surface area (TPSA) is 46.8 Å². The maximum absolute atomic E-state index is 5.51. The summed E-state index contributed by atoms with van der Waals surface area (Å²) in [5, 5.41) is 7.68. The Morgan fingerprint density at radius 2 is 0.848 bits per heavy atom. The second kappa shape index (κ2) is 15.9. The molecule has 4 aliphatic rings. The lowest BCUT2D eigenvalue weighted by Gasteiger charge is -2.57. The first-order chi connectivity index (χ1) is 32.7. The lowest BCUT2D eigenvalue weighted by Crippen LogP contribution is -2.74. The summed E-state index contributed by atoms with van der Waals surface area (Å²) < 4.78 is 2.27. The van der Waals surface area contributed by atoms with Crippen molar-refractivity contribution in [2.75, 3.05) is 4.90 Å². The molecular weight excluding hydrogens is 819 g/mol. The van der Waals surface area contributed by atoms with E-state index in [1.165, 1.54) is 69.3 Å². The maximum Gasteiger partial charge on any atom is 0.238 e. The van der Waals surface area contributed by atoms with E-state index in [1.807, 2.05) is 0 Å². The molecule has 6 heteroatoms. The van der Waals surface area contributed by atoms with E-state index >= 15 is 0 Å². The molecule has 2 aliphatic carbocycles. The minimum atomic E-state index is -2.84. The van der Waals surface area contributed by atoms with Gasteiger partial charge in [0.15, 0.2) is 19.7 Å². The predicted molar refractivity (Wildman–Crippen MR) is 274 cm³/mol. The average Bonchev–Trinajstić information content (AvgIpc) is 3.71. The fourth-order valence-corrected chi connectivity index (χ4v) is 17.2. The summed E-state index contributed by atoms with van der Waals surface area (Å²) in [4.78, 5) is 19.2. The zero-order valence-corrected chi connectivity index (χ0v) is 37.8. The van der Waals surface area contributed by atoms with E-state index in [2.05, 4.69) is 222 Å². The third-order valence-corrected chi connectivity index (χ3v) is 19.8. The Kier molecular flexibility index (Phi) is 9.41. The number of para-hydroxylation sites is 1. The number of rotatable bonds is 9. The largest absolute Gasteiger partial charge is 0.366 e. The Bertz CT molecular complexity index is 3260. The van der Waals surface area contributed by atoms with Crippen LogP contribution < -0.4 is 25.6 Å². The molecule has 318 valence electrons. The van der Waals surface area contributed by atoms with E-state index in [-0.39, 0.29) is 0 Å². The van der Waals surface area contributed by atoms with E-state index in [0.29, 0.717) is 29.7 Å². The third kappa shape index (κ3) is 6.45. The minimum Gasteiger partial charge on any atom is -0.366 e. The van der Waals surface area contributed by atoms with Gasteiger partial charge >= 0.3 is 0 Å². The van der Waals surface area contributed by atoms with E-state index in [1.54, 1.807) is 0 Å². The molecule has 0 N–H and O–H groups in total. The standard InChI is InChI=1S/C60H49N5Si/c1-5-17-43(18-6-1)44-19-15-20-45(38-44)58-61-59(46-21-16-28-53(39-46)66(50-22-7-2-8-23-50,51-24-9-3-10-25-51)52-26-11-4-12-27-52)63-60(62-58)65-56-30-14-13-29-54(56)55-40-47(31-32-57(55)65)64-48-34-41-33-42(36-48)37-49(64)35-41/h1-32,38-42,48-49H,33-37H2. The fourth-order valence-electron chi connectivity index (χ4n) is 12.4. The number of anilines is 1. The van der Waals surface area contributed by atoms with Crippen LogP contribution in [-0.4, -0.2) is 39.7 Å². The van der Waals surface area contributed by atoms with Crippen LogP contribution in [0.15, 0.2) is 212 Å². The highest BCUT2D eigenvalue weighted by atomic mass is 28.3. The number of fused-ring (bicyclic) bond motifs is 3. The Balaban J connectivity index is 1.02. The molecule has 2 aromatic heterocycles. The summed E-state index contributed by atoms with van der Waals surface area (Å²) in [6.07, 6.45) is 6.78. The van der Waals surface area contributed by atoms with Crippen LogP contribution in [0, 0.1) is 11.8 Å². The molecule has 5 nitrogen and oxygen atoms in total. The van der Waals surface area contributed by atoms with E-state index < -0.39 is 8.07 Å². The van der Waals surface area contributed by atoms with Crippen molar-refractivity contribution in [3.63, 3.8) is 0 Å². The van der Waals surface area contributed by atoms with Crippen molar-refractivity contribution in [2.24, 2.45) is 11.8 Å². The summed E-state index contributed by atoms with van der Waals surface area (Å²) in [7, 11) is -2.84. The van der Waals surface area contributed by atoms with Gasteiger partial charge in [-0.05, 0) is 106 Å². The zero-order valence-electron chi connectivity index (χ0n) is 36.8. The van der Waals surface area contributed by atoms with E-state index in [0.717, 1.165) is 45.1 Å². The van der Waals surface area contributed by atoms with Gasteiger partial charge in [-0.25, -0.2) is 4.98 Å². The van der Waals surface area contributed by atoms with Crippen LogP contribution in [0.2, 0.25) is 0 Å². The van der Waals surface area contributed by atoms with Crippen molar-refractivity contribution in [2.45, 2.75) is 44.2 Å². The van der Waals surface area contributed by atoms with Crippen LogP contribution in [0.5, 0.6) is 0 Å². The molecule has 8 aromatic carbocycles. The van der Waals surface area contributed by atoms with Crippen molar-refractivity contribution in [3.8, 4) is 39.9 Å². The fraction of sp³-hybridized carbons (Fsp3) is 0.150. The van der Waals surface area contributed by atoms with Gasteiger partial charge in [0.05, 0.1) is 11.0 Å². The molecular formula is C60H49N5Si. The highest BCUT2D eigenvalue weighted by molar-refractivity contribution is 7.19. The maximum atomic E-state index is 5.51. The molecule has 10 aromatic rings. The Labute approximate surface area is 387 Å². The van der Waals surface area contributed by atoms with E-state index in [4.69, 9.17) is 15.0 Å². The summed E-state index contributed by atoms with van der Waals surface area (Å²) in [6, 6.07) is 78.7. The Morgan fingerprint density at radius 1 is 0.364 bits per heavy atom. The summed E-state index contributed by atoms with van der Waals surface area (Å²) >= 11 is 0. The van der Waals surface area contributed by atoms with Gasteiger partial charge in [0.2, 0.25) is 5.95 Å². The van der Waals surface area contributed by atoms with Crippen LogP contribution in [0.1, 0.15) is 32.1 Å². The first kappa shape index (κ1) is 39.0. The van der Waals surface area contributed by atoms with Crippen LogP contribution in [-0.2, 0) is 0 Å². The molecule has 2 aliphatic heterocycles. The summed E-state index contributed by atoms with van der Waals surface area (Å²) in [5.41, 5.74) is 7.71. The highest BCUT2D eigenvalue weighted by Gasteiger charge is 2.47. The van der Waals surface area contributed by atoms with Crippen LogP contribution in [0.4, 0.5) is 5.69 Å². The summed E-state index contributed by atoms with van der Waals surface area (Å²) in [5.74, 6) is 3.70. The van der Waals surface area contributed by atoms with Gasteiger partial charge in [0.1, 0.15) is 0 Å². The van der Waals surface area contributed by atoms with Crippen molar-refractivity contribution in [1.29, 1.82) is 0 Å². The highest BCUT2D eigenvalue weighted by Crippen LogP contribution is 2.51. The molecule has 0 radical (unpaired) electrons. The lowest BCUT2D eigenvalue weighted by molar-refractivity contribution is 0.0900. The van der Waals surface area contributed by atoms with Crippen LogP contribution in [0.3, 0.4) is 0 Å². The van der Waals surface area contributed by atoms with Gasteiger partial charge < -0.3 is 4.90 Å². The minimum absolute atomic E-state index is 0.608. The first-order valence-electron chi connectivity index (χ1n) is 23.7. The van der Waals surface area contributed by atoms with Gasteiger partial charge in [-0.15, -0.1) is 0 Å². The average molecular weight is 868 g/mol. The molecule has 14 rings (SSSR count). The van der Waals surface area contributed by atoms with Gasteiger partial charge in [-0.3, -0.25) is 4.57 Å². The molecule has 4 bridgehead atoms. The van der Waals surface area contributed by atoms with Crippen LogP contribution in [0.25, 0.3) is 61.7 Å². The monoisotopic (exact) mass is 867 g/mol. The Hall–Kier alpha value is -7.41. The number of piperidine rings is 2. The van der Waals surface area contributed by atoms with Crippen molar-refractivity contribution in [3.05, 3.63) is 212 Å². The van der Waals surface area contributed by atoms with Crippen molar-refractivity contribution < 1.29 is 0 Å². The van der Waals surface area contributed by atoms with Gasteiger partial charge in [-0.1, -0.05) is 182 Å². The number of benzene rings is 8. The summed E-state index contributed by atoms with van der Waals surface area (Å²) in [6.45, 7) is 0. The second-order valence-electron chi connectivity index (χ2n) is 18.8. The quantitative estimate of drug-likeness (QED) is 0.107. The predicted octanol–water partition coefficient (Wildman–Crippen LogP) is 11.1. The first-order valence-corrected chi connectivity index (χ1v) is 25.7. The number of hydrogen-bond acceptors (Lipinski definition) is 4. The van der Waals surface area contributed by atoms with Gasteiger partial charge in [-0.2, -0.15) is 9.97 Å². The normalized spacial score (nSPS) is 18.9. The van der Waals surface area contributed by atoms with E-state index in [9.17, 15) is 0 Å². The molecule has 0 amide bonds. The molecule has 0 unspecified atom stereocenters. The van der Waals surface area contributed by atoms with Crippen molar-refractivity contribution >= 4 is 56.3 Å². The second-order valence-corrected chi connectivity index (χ2v) is 22.6. The lowest BCUT2D eigenvalue weighted by atomic mass is 9.63. The Morgan fingerprint density at radius 3 is 1.47 bits per heavy atom. The van der Waals surface area contributed by atoms with Crippen LogP contribution >= 0.6 is 0 Å². The smallest absolute Gasteiger partial charge is 0.238 e. The van der Waals surface area contributed by atoms with Crippen molar-refractivity contribution in [1.82, 2.24) is 19.5 Å². The molecule has 4 heterocycles. The zero-order chi connectivity index (χ0) is 43.6. The number of hydrogen-bond donors (Lipinski definition) is 0. The molecule has 2 saturated carbocycles. The molecule has 0 spiro atoms. The number of nitrogens with zero attached hydrogens (tertiary/aromatic N) is 5. The molecule has 0 atom stereocenters. The molecule has 66 heavy (non-hydrogen) atoms. The SMILES string of the molecule is c1ccc(-c2cccc(-c3nc(-c4cccc([Si](c5ccccc5)(c5ccccc5)c5ccccc5)c4)nc(-n4c5ccccc5c5cc(N6C7CC8CC(C7)CC6C8)ccc54)n3)c2)cc1. The van der Waals surface area contributed by atoms with Gasteiger partial charge in [0, 0.05) is 39.7 Å². The molecule has 2 saturated heterocycles. The van der Waals surface area contributed by atoms with Gasteiger partial charge in [0.25, 0.3) is 0 Å².